The number of aryl methyl sites for hydroxylation is 1. The standard InChI is InChI=1S/C17H18N2O4/c1-12-4-6-13(7-5-12)16(21)19-15(17(22)18-8-9-20)11-14-3-2-10-23-14/h2-7,10-11,20H,8-9H2,1H3,(H,18,22)(H,19,21). The molecular formula is C17H18N2O4. The van der Waals surface area contributed by atoms with E-state index in [0.717, 1.165) is 5.56 Å². The number of hydrogen-bond acceptors (Lipinski definition) is 4. The van der Waals surface area contributed by atoms with Crippen molar-refractivity contribution in [1.82, 2.24) is 10.6 Å². The minimum Gasteiger partial charge on any atom is -0.465 e. The summed E-state index contributed by atoms with van der Waals surface area (Å²) in [5.74, 6) is -0.471. The average Bonchev–Trinajstić information content (AvgIpc) is 3.05. The number of amides is 2. The Bertz CT molecular complexity index is 688. The molecule has 0 unspecified atom stereocenters. The van der Waals surface area contributed by atoms with E-state index in [2.05, 4.69) is 10.6 Å². The molecule has 0 aliphatic carbocycles. The molecule has 2 rings (SSSR count). The van der Waals surface area contributed by atoms with Crippen LogP contribution in [-0.2, 0) is 4.79 Å². The Hall–Kier alpha value is -2.86. The van der Waals surface area contributed by atoms with Gasteiger partial charge in [0.15, 0.2) is 0 Å². The Morgan fingerprint density at radius 1 is 1.22 bits per heavy atom. The average molecular weight is 314 g/mol. The first-order chi connectivity index (χ1) is 11.1. The van der Waals surface area contributed by atoms with Crippen molar-refractivity contribution in [2.75, 3.05) is 13.2 Å². The van der Waals surface area contributed by atoms with Crippen molar-refractivity contribution in [3.05, 3.63) is 65.2 Å². The van der Waals surface area contributed by atoms with Gasteiger partial charge in [0, 0.05) is 18.2 Å². The number of nitrogens with one attached hydrogen (secondary N) is 2. The largest absolute Gasteiger partial charge is 0.465 e. The highest BCUT2D eigenvalue weighted by molar-refractivity contribution is 6.05. The molecule has 2 amide bonds. The predicted molar refractivity (Wildman–Crippen MR) is 85.4 cm³/mol. The zero-order valence-corrected chi connectivity index (χ0v) is 12.7. The molecule has 3 N–H and O–H groups in total. The van der Waals surface area contributed by atoms with E-state index in [1.807, 2.05) is 19.1 Å². The summed E-state index contributed by atoms with van der Waals surface area (Å²) < 4.78 is 5.16. The minimum absolute atomic E-state index is 0.0407. The first-order valence-electron chi connectivity index (χ1n) is 7.12. The smallest absolute Gasteiger partial charge is 0.268 e. The summed E-state index contributed by atoms with van der Waals surface area (Å²) in [6.07, 6.45) is 2.90. The summed E-state index contributed by atoms with van der Waals surface area (Å²) in [5.41, 5.74) is 1.52. The Morgan fingerprint density at radius 2 is 1.96 bits per heavy atom. The second-order valence-electron chi connectivity index (χ2n) is 4.87. The Morgan fingerprint density at radius 3 is 2.57 bits per heavy atom. The summed E-state index contributed by atoms with van der Waals surface area (Å²) in [4.78, 5) is 24.4. The molecule has 120 valence electrons. The van der Waals surface area contributed by atoms with E-state index in [9.17, 15) is 9.59 Å². The van der Waals surface area contributed by atoms with E-state index in [-0.39, 0.29) is 18.8 Å². The van der Waals surface area contributed by atoms with Crippen LogP contribution in [0.1, 0.15) is 21.7 Å². The molecule has 1 aromatic carbocycles. The van der Waals surface area contributed by atoms with Gasteiger partial charge >= 0.3 is 0 Å². The molecule has 0 aliphatic heterocycles. The fraction of sp³-hybridized carbons (Fsp3) is 0.176. The normalized spacial score (nSPS) is 11.1. The van der Waals surface area contributed by atoms with E-state index < -0.39 is 11.8 Å². The van der Waals surface area contributed by atoms with Crippen molar-refractivity contribution in [3.63, 3.8) is 0 Å². The second-order valence-corrected chi connectivity index (χ2v) is 4.87. The third-order valence-electron chi connectivity index (χ3n) is 3.03. The van der Waals surface area contributed by atoms with Crippen molar-refractivity contribution in [2.45, 2.75) is 6.92 Å². The first-order valence-corrected chi connectivity index (χ1v) is 7.12. The molecule has 0 atom stereocenters. The lowest BCUT2D eigenvalue weighted by Gasteiger charge is -2.10. The molecule has 0 bridgehead atoms. The van der Waals surface area contributed by atoms with Gasteiger partial charge in [-0.2, -0.15) is 0 Å². The number of aliphatic hydroxyl groups is 1. The van der Waals surface area contributed by atoms with Crippen LogP contribution in [0.15, 0.2) is 52.8 Å². The van der Waals surface area contributed by atoms with Gasteiger partial charge in [-0.05, 0) is 31.2 Å². The first kappa shape index (κ1) is 16.5. The molecule has 0 radical (unpaired) electrons. The SMILES string of the molecule is Cc1ccc(C(=O)NC(=Cc2ccco2)C(=O)NCCO)cc1. The Labute approximate surface area is 133 Å². The molecule has 2 aromatic rings. The van der Waals surface area contributed by atoms with Crippen LogP contribution in [0.2, 0.25) is 0 Å². The molecule has 23 heavy (non-hydrogen) atoms. The third-order valence-corrected chi connectivity index (χ3v) is 3.03. The van der Waals surface area contributed by atoms with Crippen LogP contribution in [0.4, 0.5) is 0 Å². The van der Waals surface area contributed by atoms with E-state index in [1.54, 1.807) is 24.3 Å². The van der Waals surface area contributed by atoms with Crippen LogP contribution in [-0.4, -0.2) is 30.1 Å². The van der Waals surface area contributed by atoms with Gasteiger partial charge in [0.2, 0.25) is 0 Å². The van der Waals surface area contributed by atoms with Crippen molar-refractivity contribution in [1.29, 1.82) is 0 Å². The molecule has 1 heterocycles. The third kappa shape index (κ3) is 4.82. The Kier molecular flexibility index (Phi) is 5.71. The number of furan rings is 1. The summed E-state index contributed by atoms with van der Waals surface area (Å²) in [5, 5.41) is 13.9. The van der Waals surface area contributed by atoms with E-state index in [4.69, 9.17) is 9.52 Å². The van der Waals surface area contributed by atoms with Crippen molar-refractivity contribution < 1.29 is 19.1 Å². The van der Waals surface area contributed by atoms with Crippen LogP contribution in [0.3, 0.4) is 0 Å². The summed E-state index contributed by atoms with van der Waals surface area (Å²) in [6.45, 7) is 1.83. The molecule has 6 nitrogen and oxygen atoms in total. The zero-order chi connectivity index (χ0) is 16.7. The van der Waals surface area contributed by atoms with Crippen molar-refractivity contribution in [3.8, 4) is 0 Å². The van der Waals surface area contributed by atoms with Crippen molar-refractivity contribution in [2.24, 2.45) is 0 Å². The molecular weight excluding hydrogens is 296 g/mol. The lowest BCUT2D eigenvalue weighted by molar-refractivity contribution is -0.117. The molecule has 0 aliphatic rings. The molecule has 0 fully saturated rings. The topological polar surface area (TPSA) is 91.6 Å². The minimum atomic E-state index is -0.504. The van der Waals surface area contributed by atoms with Gasteiger partial charge in [0.1, 0.15) is 11.5 Å². The predicted octanol–water partition coefficient (Wildman–Crippen LogP) is 1.47. The van der Waals surface area contributed by atoms with Crippen LogP contribution < -0.4 is 10.6 Å². The van der Waals surface area contributed by atoms with Gasteiger partial charge in [-0.3, -0.25) is 9.59 Å². The highest BCUT2D eigenvalue weighted by atomic mass is 16.3. The summed E-state index contributed by atoms with van der Waals surface area (Å²) in [7, 11) is 0. The zero-order valence-electron chi connectivity index (χ0n) is 12.7. The fourth-order valence-corrected chi connectivity index (χ4v) is 1.84. The number of carbonyl (C=O) groups excluding carboxylic acids is 2. The van der Waals surface area contributed by atoms with Gasteiger partial charge in [-0.15, -0.1) is 0 Å². The second kappa shape index (κ2) is 7.95. The maximum Gasteiger partial charge on any atom is 0.268 e. The maximum atomic E-state index is 12.3. The quantitative estimate of drug-likeness (QED) is 0.704. The number of carbonyl (C=O) groups is 2. The molecule has 0 saturated carbocycles. The van der Waals surface area contributed by atoms with Crippen LogP contribution >= 0.6 is 0 Å². The Balaban J connectivity index is 2.18. The molecule has 1 aromatic heterocycles. The number of hydrogen-bond donors (Lipinski definition) is 3. The van der Waals surface area contributed by atoms with Crippen LogP contribution in [0.25, 0.3) is 6.08 Å². The van der Waals surface area contributed by atoms with Gasteiger partial charge in [-0.1, -0.05) is 17.7 Å². The van der Waals surface area contributed by atoms with E-state index >= 15 is 0 Å². The lowest BCUT2D eigenvalue weighted by atomic mass is 10.1. The highest BCUT2D eigenvalue weighted by Crippen LogP contribution is 2.08. The molecule has 0 saturated heterocycles. The van der Waals surface area contributed by atoms with Gasteiger partial charge in [0.05, 0.1) is 12.9 Å². The molecule has 6 heteroatoms. The maximum absolute atomic E-state index is 12.3. The van der Waals surface area contributed by atoms with E-state index in [1.165, 1.54) is 12.3 Å². The van der Waals surface area contributed by atoms with Gasteiger partial charge < -0.3 is 20.2 Å². The number of aliphatic hydroxyl groups excluding tert-OH is 1. The van der Waals surface area contributed by atoms with Crippen LogP contribution in [0.5, 0.6) is 0 Å². The van der Waals surface area contributed by atoms with Gasteiger partial charge in [0.25, 0.3) is 11.8 Å². The monoisotopic (exact) mass is 314 g/mol. The van der Waals surface area contributed by atoms with Crippen LogP contribution in [0, 0.1) is 6.92 Å². The summed E-state index contributed by atoms with van der Waals surface area (Å²) >= 11 is 0. The number of benzene rings is 1. The fourth-order valence-electron chi connectivity index (χ4n) is 1.84. The van der Waals surface area contributed by atoms with Gasteiger partial charge in [-0.25, -0.2) is 0 Å². The van der Waals surface area contributed by atoms with E-state index in [0.29, 0.717) is 11.3 Å². The lowest BCUT2D eigenvalue weighted by Crippen LogP contribution is -2.36. The van der Waals surface area contributed by atoms with Crippen molar-refractivity contribution >= 4 is 17.9 Å². The number of rotatable bonds is 6. The summed E-state index contributed by atoms with van der Waals surface area (Å²) in [6, 6.07) is 10.3. The molecule has 0 spiro atoms. The highest BCUT2D eigenvalue weighted by Gasteiger charge is 2.14.